The first-order valence-corrected chi connectivity index (χ1v) is 11.3. The van der Waals surface area contributed by atoms with Crippen LogP contribution in [0.2, 0.25) is 19.6 Å². The molecule has 0 N–H and O–H groups in total. The molecule has 0 aliphatic carbocycles. The van der Waals surface area contributed by atoms with Crippen molar-refractivity contribution in [1.29, 1.82) is 0 Å². The molecule has 120 valence electrons. The van der Waals surface area contributed by atoms with E-state index in [9.17, 15) is 0 Å². The van der Waals surface area contributed by atoms with Crippen LogP contribution in [0.5, 0.6) is 0 Å². The van der Waals surface area contributed by atoms with Gasteiger partial charge in [0.05, 0.1) is 19.8 Å². The molecule has 1 aromatic carbocycles. The van der Waals surface area contributed by atoms with E-state index in [1.54, 1.807) is 0 Å². The summed E-state index contributed by atoms with van der Waals surface area (Å²) in [7, 11) is -1.31. The Labute approximate surface area is 135 Å². The topological polar surface area (TPSA) is 27.7 Å². The molecule has 0 radical (unpaired) electrons. The molecule has 0 aromatic heterocycles. The Bertz CT molecular complexity index is 546. The van der Waals surface area contributed by atoms with Crippen molar-refractivity contribution in [2.75, 3.05) is 13.2 Å². The zero-order valence-corrected chi connectivity index (χ0v) is 15.2. The van der Waals surface area contributed by atoms with Crippen molar-refractivity contribution in [3.63, 3.8) is 0 Å². The molecule has 0 amide bonds. The second-order valence-corrected chi connectivity index (χ2v) is 11.9. The van der Waals surface area contributed by atoms with E-state index in [-0.39, 0.29) is 6.10 Å². The molecule has 22 heavy (non-hydrogen) atoms. The van der Waals surface area contributed by atoms with Crippen LogP contribution < -0.4 is 0 Å². The van der Waals surface area contributed by atoms with Gasteiger partial charge < -0.3 is 14.2 Å². The lowest BCUT2D eigenvalue weighted by molar-refractivity contribution is -0.145. The fourth-order valence-electron chi connectivity index (χ4n) is 2.10. The summed E-state index contributed by atoms with van der Waals surface area (Å²) in [5.41, 5.74) is 5.59. The molecule has 0 spiro atoms. The second kappa shape index (κ2) is 6.97. The SMILES string of the molecule is CC1(C)OCC(COCc2ccc(C#C[Si](C)(C)C)cc2)O1. The number of hydrogen-bond acceptors (Lipinski definition) is 3. The molecule has 3 nitrogen and oxygen atoms in total. The first-order chi connectivity index (χ1) is 10.2. The predicted octanol–water partition coefficient (Wildman–Crippen LogP) is 3.58. The van der Waals surface area contributed by atoms with E-state index in [2.05, 4.69) is 55.4 Å². The van der Waals surface area contributed by atoms with Crippen LogP contribution >= 0.6 is 0 Å². The summed E-state index contributed by atoms with van der Waals surface area (Å²) >= 11 is 0. The highest BCUT2D eigenvalue weighted by Crippen LogP contribution is 2.22. The lowest BCUT2D eigenvalue weighted by Crippen LogP contribution is -2.24. The number of ether oxygens (including phenoxy) is 3. The third-order valence-corrected chi connectivity index (χ3v) is 4.05. The Hall–Kier alpha value is -1.12. The Morgan fingerprint density at radius 1 is 1.23 bits per heavy atom. The summed E-state index contributed by atoms with van der Waals surface area (Å²) in [6.07, 6.45) is 0.0249. The molecule has 2 rings (SSSR count). The van der Waals surface area contributed by atoms with Crippen molar-refractivity contribution in [1.82, 2.24) is 0 Å². The van der Waals surface area contributed by atoms with Gasteiger partial charge in [-0.1, -0.05) is 37.7 Å². The van der Waals surface area contributed by atoms with Gasteiger partial charge in [-0.05, 0) is 31.5 Å². The van der Waals surface area contributed by atoms with Crippen LogP contribution in [0.3, 0.4) is 0 Å². The zero-order chi connectivity index (χ0) is 16.2. The molecular formula is C18H26O3Si. The summed E-state index contributed by atoms with van der Waals surface area (Å²) in [5, 5.41) is 0. The highest BCUT2D eigenvalue weighted by Gasteiger charge is 2.32. The van der Waals surface area contributed by atoms with Gasteiger partial charge in [-0.2, -0.15) is 0 Å². The van der Waals surface area contributed by atoms with Crippen LogP contribution in [-0.2, 0) is 20.8 Å². The molecule has 1 atom stereocenters. The van der Waals surface area contributed by atoms with E-state index in [0.29, 0.717) is 19.8 Å². The molecule has 1 aliphatic heterocycles. The fraction of sp³-hybridized carbons (Fsp3) is 0.556. The lowest BCUT2D eigenvalue weighted by atomic mass is 10.1. The minimum atomic E-state index is -1.31. The van der Waals surface area contributed by atoms with Crippen molar-refractivity contribution >= 4 is 8.07 Å². The van der Waals surface area contributed by atoms with E-state index in [0.717, 1.165) is 11.1 Å². The summed E-state index contributed by atoms with van der Waals surface area (Å²) in [6, 6.07) is 8.27. The van der Waals surface area contributed by atoms with Gasteiger partial charge in [0.2, 0.25) is 0 Å². The highest BCUT2D eigenvalue weighted by atomic mass is 28.3. The lowest BCUT2D eigenvalue weighted by Gasteiger charge is -2.17. The van der Waals surface area contributed by atoms with Crippen LogP contribution in [0.4, 0.5) is 0 Å². The first kappa shape index (κ1) is 17.2. The zero-order valence-electron chi connectivity index (χ0n) is 14.2. The molecule has 4 heteroatoms. The first-order valence-electron chi connectivity index (χ1n) is 7.75. The third kappa shape index (κ3) is 5.94. The van der Waals surface area contributed by atoms with Crippen LogP contribution in [0, 0.1) is 11.5 Å². The fourth-order valence-corrected chi connectivity index (χ4v) is 2.62. The van der Waals surface area contributed by atoms with E-state index in [4.69, 9.17) is 14.2 Å². The van der Waals surface area contributed by atoms with Gasteiger partial charge in [-0.3, -0.25) is 0 Å². The standard InChI is InChI=1S/C18H26O3Si/c1-18(2)20-14-17(21-18)13-19-12-16-8-6-15(7-9-16)10-11-22(3,4)5/h6-9,17H,12-14H2,1-5H3. The van der Waals surface area contributed by atoms with E-state index in [1.807, 2.05) is 13.8 Å². The average molecular weight is 318 g/mol. The molecule has 1 saturated heterocycles. The smallest absolute Gasteiger partial charge is 0.163 e. The Kier molecular flexibility index (Phi) is 5.46. The summed E-state index contributed by atoms with van der Waals surface area (Å²) in [5.74, 6) is 2.77. The minimum absolute atomic E-state index is 0.0249. The van der Waals surface area contributed by atoms with Crippen molar-refractivity contribution in [2.24, 2.45) is 0 Å². The van der Waals surface area contributed by atoms with E-state index >= 15 is 0 Å². The average Bonchev–Trinajstić information content (AvgIpc) is 2.76. The van der Waals surface area contributed by atoms with Gasteiger partial charge in [0.15, 0.2) is 5.79 Å². The summed E-state index contributed by atoms with van der Waals surface area (Å²) < 4.78 is 16.9. The molecule has 1 heterocycles. The van der Waals surface area contributed by atoms with Crippen LogP contribution in [-0.4, -0.2) is 33.2 Å². The van der Waals surface area contributed by atoms with Crippen molar-refractivity contribution in [2.45, 2.75) is 52.0 Å². The second-order valence-electron chi connectivity index (χ2n) is 7.16. The monoisotopic (exact) mass is 318 g/mol. The minimum Gasteiger partial charge on any atom is -0.374 e. The van der Waals surface area contributed by atoms with Gasteiger partial charge >= 0.3 is 0 Å². The third-order valence-electron chi connectivity index (χ3n) is 3.18. The molecule has 1 aromatic rings. The van der Waals surface area contributed by atoms with Gasteiger partial charge in [-0.15, -0.1) is 5.54 Å². The predicted molar refractivity (Wildman–Crippen MR) is 91.2 cm³/mol. The van der Waals surface area contributed by atoms with Crippen LogP contribution in [0.1, 0.15) is 25.0 Å². The number of rotatable bonds is 4. The molecule has 1 unspecified atom stereocenters. The van der Waals surface area contributed by atoms with Crippen LogP contribution in [0.25, 0.3) is 0 Å². The van der Waals surface area contributed by atoms with E-state index in [1.165, 1.54) is 0 Å². The van der Waals surface area contributed by atoms with Crippen molar-refractivity contribution in [3.05, 3.63) is 35.4 Å². The van der Waals surface area contributed by atoms with E-state index < -0.39 is 13.9 Å². The van der Waals surface area contributed by atoms with Crippen molar-refractivity contribution < 1.29 is 14.2 Å². The van der Waals surface area contributed by atoms with Gasteiger partial charge in [0, 0.05) is 5.56 Å². The van der Waals surface area contributed by atoms with Crippen molar-refractivity contribution in [3.8, 4) is 11.5 Å². The Morgan fingerprint density at radius 2 is 1.91 bits per heavy atom. The molecular weight excluding hydrogens is 292 g/mol. The molecule has 0 bridgehead atoms. The molecule has 1 aliphatic rings. The summed E-state index contributed by atoms with van der Waals surface area (Å²) in [6.45, 7) is 12.3. The molecule has 0 saturated carbocycles. The largest absolute Gasteiger partial charge is 0.374 e. The normalized spacial score (nSPS) is 20.5. The quantitative estimate of drug-likeness (QED) is 0.627. The maximum Gasteiger partial charge on any atom is 0.163 e. The maximum atomic E-state index is 5.72. The summed E-state index contributed by atoms with van der Waals surface area (Å²) in [4.78, 5) is 0. The van der Waals surface area contributed by atoms with Gasteiger partial charge in [-0.25, -0.2) is 0 Å². The maximum absolute atomic E-state index is 5.72. The van der Waals surface area contributed by atoms with Gasteiger partial charge in [0.1, 0.15) is 14.2 Å². The number of hydrogen-bond donors (Lipinski definition) is 0. The van der Waals surface area contributed by atoms with Gasteiger partial charge in [0.25, 0.3) is 0 Å². The highest BCUT2D eigenvalue weighted by molar-refractivity contribution is 6.83. The Balaban J connectivity index is 1.78. The molecule has 1 fully saturated rings. The van der Waals surface area contributed by atoms with Crippen LogP contribution in [0.15, 0.2) is 24.3 Å². The Morgan fingerprint density at radius 3 is 2.45 bits per heavy atom. The number of benzene rings is 1.